The molecule has 2 aromatic rings. The van der Waals surface area contributed by atoms with E-state index < -0.39 is 0 Å². The third-order valence-electron chi connectivity index (χ3n) is 4.78. The van der Waals surface area contributed by atoms with Crippen LogP contribution in [0.4, 0.5) is 20.7 Å². The zero-order valence-corrected chi connectivity index (χ0v) is 15.5. The molecule has 0 bridgehead atoms. The van der Waals surface area contributed by atoms with Crippen molar-refractivity contribution in [1.29, 1.82) is 0 Å². The number of para-hydroxylation sites is 2. The van der Waals surface area contributed by atoms with Gasteiger partial charge in [0.05, 0.1) is 31.7 Å². The maximum Gasteiger partial charge on any atom is 0.324 e. The molecule has 0 saturated carbocycles. The molecule has 7 nitrogen and oxygen atoms in total. The van der Waals surface area contributed by atoms with E-state index in [0.717, 1.165) is 32.5 Å². The number of nitrogens with one attached hydrogen (secondary N) is 2. The van der Waals surface area contributed by atoms with Crippen LogP contribution in [0.1, 0.15) is 25.3 Å². The summed E-state index contributed by atoms with van der Waals surface area (Å²) in [4.78, 5) is 14.7. The highest BCUT2D eigenvalue weighted by molar-refractivity contribution is 6.00. The van der Waals surface area contributed by atoms with Gasteiger partial charge in [-0.3, -0.25) is 9.71 Å². The van der Waals surface area contributed by atoms with Gasteiger partial charge >= 0.3 is 6.03 Å². The van der Waals surface area contributed by atoms with Crippen molar-refractivity contribution in [2.45, 2.75) is 25.3 Å². The summed E-state index contributed by atoms with van der Waals surface area (Å²) in [7, 11) is 1.56. The second-order valence-electron chi connectivity index (χ2n) is 6.56. The second kappa shape index (κ2) is 9.36. The van der Waals surface area contributed by atoms with Gasteiger partial charge in [0.25, 0.3) is 0 Å². The van der Waals surface area contributed by atoms with Crippen LogP contribution in [-0.2, 0) is 0 Å². The highest BCUT2D eigenvalue weighted by Gasteiger charge is 2.23. The van der Waals surface area contributed by atoms with Crippen molar-refractivity contribution in [2.75, 3.05) is 44.1 Å². The van der Waals surface area contributed by atoms with Crippen LogP contribution in [0.25, 0.3) is 0 Å². The highest BCUT2D eigenvalue weighted by Crippen LogP contribution is 2.26. The molecule has 0 unspecified atom stereocenters. The maximum absolute atomic E-state index is 12.4. The topological polar surface area (TPSA) is 71.4 Å². The van der Waals surface area contributed by atoms with Crippen molar-refractivity contribution in [1.82, 2.24) is 14.7 Å². The Morgan fingerprint density at radius 2 is 2.04 bits per heavy atom. The lowest BCUT2D eigenvalue weighted by Crippen LogP contribution is -2.36. The Kier molecular flexibility index (Phi) is 6.64. The van der Waals surface area contributed by atoms with Crippen LogP contribution in [-0.4, -0.2) is 54.1 Å². The van der Waals surface area contributed by atoms with Crippen LogP contribution >= 0.6 is 0 Å². The molecule has 1 fully saturated rings. The van der Waals surface area contributed by atoms with Crippen LogP contribution < -0.4 is 15.4 Å². The van der Waals surface area contributed by atoms with Gasteiger partial charge in [-0.25, -0.2) is 9.48 Å². The van der Waals surface area contributed by atoms with Crippen LogP contribution in [0.2, 0.25) is 0 Å². The molecule has 3 rings (SSSR count). The largest absolute Gasteiger partial charge is 0.495 e. The van der Waals surface area contributed by atoms with Gasteiger partial charge in [-0.1, -0.05) is 12.1 Å². The Balaban J connectivity index is 1.58. The van der Waals surface area contributed by atoms with Gasteiger partial charge in [0.2, 0.25) is 0 Å². The predicted octanol–water partition coefficient (Wildman–Crippen LogP) is 3.53. The summed E-state index contributed by atoms with van der Waals surface area (Å²) < 4.78 is 19.5. The number of hydrogen-bond acceptors (Lipinski definition) is 4. The molecule has 27 heavy (non-hydrogen) atoms. The van der Waals surface area contributed by atoms with Gasteiger partial charge in [-0.2, -0.15) is 5.10 Å². The third-order valence-corrected chi connectivity index (χ3v) is 4.78. The number of methoxy groups -OCH3 is 1. The van der Waals surface area contributed by atoms with Gasteiger partial charge in [-0.05, 0) is 31.4 Å². The first kappa shape index (κ1) is 19.2. The van der Waals surface area contributed by atoms with E-state index in [1.54, 1.807) is 31.5 Å². The highest BCUT2D eigenvalue weighted by atomic mass is 19.1. The number of ether oxygens (including phenoxy) is 1. The van der Waals surface area contributed by atoms with Gasteiger partial charge in [-0.15, -0.1) is 0 Å². The number of carbonyl (C=O) groups excluding carboxylic acids is 1. The molecule has 8 heteroatoms. The van der Waals surface area contributed by atoms with Crippen molar-refractivity contribution < 1.29 is 13.9 Å². The minimum absolute atomic E-state index is 0.225. The first-order valence-corrected chi connectivity index (χ1v) is 9.24. The number of alkyl halides is 1. The quantitative estimate of drug-likeness (QED) is 0.777. The lowest BCUT2D eigenvalue weighted by Gasteiger charge is -2.32. The zero-order valence-electron chi connectivity index (χ0n) is 15.5. The fraction of sp³-hybridized carbons (Fsp3) is 0.474. The fourth-order valence-electron chi connectivity index (χ4n) is 3.39. The number of aromatic nitrogens is 2. The maximum atomic E-state index is 12.4. The number of anilines is 2. The summed E-state index contributed by atoms with van der Waals surface area (Å²) >= 11 is 0. The van der Waals surface area contributed by atoms with Gasteiger partial charge < -0.3 is 15.0 Å². The standard InChI is InChI=1S/C19H26FN5O2/c1-27-17-6-3-2-5-16(17)22-19(26)23-18-7-11-21-25(18)15-8-13-24(14-9-15)12-4-10-20/h2-3,5-7,11,15H,4,8-10,12-14H2,1H3,(H2,22,23,26). The SMILES string of the molecule is COc1ccccc1NC(=O)Nc1ccnn1C1CCN(CCCF)CC1. The van der Waals surface area contributed by atoms with Crippen molar-refractivity contribution in [2.24, 2.45) is 0 Å². The van der Waals surface area contributed by atoms with E-state index in [4.69, 9.17) is 4.74 Å². The van der Waals surface area contributed by atoms with Crippen molar-refractivity contribution in [3.05, 3.63) is 36.5 Å². The van der Waals surface area contributed by atoms with Crippen LogP contribution in [0.15, 0.2) is 36.5 Å². The molecule has 1 aromatic carbocycles. The fourth-order valence-corrected chi connectivity index (χ4v) is 3.39. The number of rotatable bonds is 7. The molecule has 0 spiro atoms. The number of urea groups is 1. The molecule has 0 atom stereocenters. The normalized spacial score (nSPS) is 15.5. The summed E-state index contributed by atoms with van der Waals surface area (Å²) in [5.74, 6) is 1.26. The number of carbonyl (C=O) groups is 1. The lowest BCUT2D eigenvalue weighted by molar-refractivity contribution is 0.175. The van der Waals surface area contributed by atoms with Crippen molar-refractivity contribution in [3.63, 3.8) is 0 Å². The van der Waals surface area contributed by atoms with Crippen LogP contribution in [0, 0.1) is 0 Å². The molecule has 1 aromatic heterocycles. The Morgan fingerprint density at radius 3 is 2.78 bits per heavy atom. The van der Waals surface area contributed by atoms with E-state index in [1.165, 1.54) is 0 Å². The first-order chi connectivity index (χ1) is 13.2. The Labute approximate surface area is 158 Å². The molecule has 0 aliphatic carbocycles. The van der Waals surface area contributed by atoms with E-state index in [0.29, 0.717) is 23.7 Å². The Hall–Kier alpha value is -2.61. The van der Waals surface area contributed by atoms with E-state index in [1.807, 2.05) is 16.8 Å². The average Bonchev–Trinajstić information content (AvgIpc) is 3.15. The summed E-state index contributed by atoms with van der Waals surface area (Å²) in [5.41, 5.74) is 0.602. The lowest BCUT2D eigenvalue weighted by atomic mass is 10.1. The van der Waals surface area contributed by atoms with Gasteiger partial charge in [0.15, 0.2) is 0 Å². The van der Waals surface area contributed by atoms with Crippen molar-refractivity contribution >= 4 is 17.5 Å². The summed E-state index contributed by atoms with van der Waals surface area (Å²) in [6, 6.07) is 8.91. The molecule has 0 radical (unpaired) electrons. The molecular weight excluding hydrogens is 349 g/mol. The zero-order chi connectivity index (χ0) is 19.1. The van der Waals surface area contributed by atoms with Gasteiger partial charge in [0, 0.05) is 25.7 Å². The summed E-state index contributed by atoms with van der Waals surface area (Å²) in [6.45, 7) is 2.36. The number of hydrogen-bond donors (Lipinski definition) is 2. The minimum atomic E-state index is -0.346. The van der Waals surface area contributed by atoms with Crippen molar-refractivity contribution in [3.8, 4) is 5.75 Å². The molecular formula is C19H26FN5O2. The molecule has 1 saturated heterocycles. The van der Waals surface area contributed by atoms with Gasteiger partial charge in [0.1, 0.15) is 11.6 Å². The van der Waals surface area contributed by atoms with E-state index in [2.05, 4.69) is 20.6 Å². The number of likely N-dealkylation sites (tertiary alicyclic amines) is 1. The summed E-state index contributed by atoms with van der Waals surface area (Å²) in [5, 5.41) is 10.1. The third kappa shape index (κ3) is 4.97. The predicted molar refractivity (Wildman–Crippen MR) is 103 cm³/mol. The number of amides is 2. The van der Waals surface area contributed by atoms with E-state index >= 15 is 0 Å². The molecule has 2 heterocycles. The molecule has 1 aliphatic rings. The average molecular weight is 375 g/mol. The second-order valence-corrected chi connectivity index (χ2v) is 6.56. The molecule has 2 N–H and O–H groups in total. The number of benzene rings is 1. The minimum Gasteiger partial charge on any atom is -0.495 e. The molecule has 2 amide bonds. The molecule has 1 aliphatic heterocycles. The molecule has 146 valence electrons. The van der Waals surface area contributed by atoms with E-state index in [-0.39, 0.29) is 18.7 Å². The Bertz CT molecular complexity index is 743. The summed E-state index contributed by atoms with van der Waals surface area (Å²) in [6.07, 6.45) is 4.13. The first-order valence-electron chi connectivity index (χ1n) is 9.24. The van der Waals surface area contributed by atoms with Crippen LogP contribution in [0.5, 0.6) is 5.75 Å². The monoisotopic (exact) mass is 375 g/mol. The number of halogens is 1. The Morgan fingerprint density at radius 1 is 1.26 bits per heavy atom. The van der Waals surface area contributed by atoms with E-state index in [9.17, 15) is 9.18 Å². The number of piperidine rings is 1. The number of nitrogens with zero attached hydrogens (tertiary/aromatic N) is 3. The van der Waals surface area contributed by atoms with Crippen LogP contribution in [0.3, 0.4) is 0 Å². The smallest absolute Gasteiger partial charge is 0.324 e.